The van der Waals surface area contributed by atoms with Crippen molar-refractivity contribution in [1.82, 2.24) is 9.78 Å². The average molecular weight is 205 g/mol. The van der Waals surface area contributed by atoms with Crippen LogP contribution in [0.1, 0.15) is 5.69 Å². The zero-order valence-electron chi connectivity index (χ0n) is 7.91. The highest BCUT2D eigenvalue weighted by Crippen LogP contribution is 2.10. The molecule has 1 aromatic rings. The van der Waals surface area contributed by atoms with Crippen LogP contribution in [0.2, 0.25) is 0 Å². The van der Waals surface area contributed by atoms with Crippen molar-refractivity contribution in [3.05, 3.63) is 11.9 Å². The van der Waals surface area contributed by atoms with Gasteiger partial charge in [-0.3, -0.25) is 4.68 Å². The lowest BCUT2D eigenvalue weighted by molar-refractivity contribution is 0.121. The molecular formula is C8H13F2N3O. The molecule has 1 aromatic heterocycles. The van der Waals surface area contributed by atoms with E-state index in [-0.39, 0.29) is 0 Å². The number of halogens is 2. The van der Waals surface area contributed by atoms with Crippen LogP contribution >= 0.6 is 0 Å². The molecule has 6 heteroatoms. The van der Waals surface area contributed by atoms with E-state index in [0.29, 0.717) is 24.4 Å². The van der Waals surface area contributed by atoms with Crippen molar-refractivity contribution in [2.24, 2.45) is 0 Å². The van der Waals surface area contributed by atoms with Crippen molar-refractivity contribution in [2.45, 2.75) is 19.4 Å². The average Bonchev–Trinajstić information content (AvgIpc) is 2.41. The Balaban J connectivity index is 2.62. The summed E-state index contributed by atoms with van der Waals surface area (Å²) in [5.74, 6) is 0. The van der Waals surface area contributed by atoms with E-state index < -0.39 is 13.0 Å². The SMILES string of the molecule is COCCc1nn(CC(F)F)cc1N. The van der Waals surface area contributed by atoms with Crippen molar-refractivity contribution in [3.8, 4) is 0 Å². The van der Waals surface area contributed by atoms with Crippen LogP contribution in [0.5, 0.6) is 0 Å². The Labute approximate surface area is 80.6 Å². The minimum Gasteiger partial charge on any atom is -0.396 e. The third-order valence-electron chi connectivity index (χ3n) is 1.74. The second kappa shape index (κ2) is 4.90. The molecule has 0 atom stereocenters. The van der Waals surface area contributed by atoms with Gasteiger partial charge >= 0.3 is 0 Å². The van der Waals surface area contributed by atoms with Crippen molar-refractivity contribution in [3.63, 3.8) is 0 Å². The van der Waals surface area contributed by atoms with E-state index >= 15 is 0 Å². The number of aromatic nitrogens is 2. The Hall–Kier alpha value is -1.17. The van der Waals surface area contributed by atoms with E-state index in [4.69, 9.17) is 10.5 Å². The first-order chi connectivity index (χ1) is 6.63. The van der Waals surface area contributed by atoms with Crippen LogP contribution in [0.15, 0.2) is 6.20 Å². The molecule has 2 N–H and O–H groups in total. The molecule has 0 spiro atoms. The van der Waals surface area contributed by atoms with E-state index in [1.54, 1.807) is 7.11 Å². The number of hydrogen-bond acceptors (Lipinski definition) is 3. The fraction of sp³-hybridized carbons (Fsp3) is 0.625. The topological polar surface area (TPSA) is 53.1 Å². The van der Waals surface area contributed by atoms with Gasteiger partial charge in [-0.15, -0.1) is 0 Å². The lowest BCUT2D eigenvalue weighted by atomic mass is 10.3. The van der Waals surface area contributed by atoms with Gasteiger partial charge in [0.2, 0.25) is 0 Å². The molecule has 0 amide bonds. The monoisotopic (exact) mass is 205 g/mol. The lowest BCUT2D eigenvalue weighted by Gasteiger charge is -1.98. The maximum absolute atomic E-state index is 12.0. The standard InChI is InChI=1S/C8H13F2N3O/c1-14-3-2-7-6(11)4-13(12-7)5-8(9)10/h4,8H,2-3,5,11H2,1H3. The quantitative estimate of drug-likeness (QED) is 0.777. The minimum absolute atomic E-state index is 0.419. The molecule has 0 aliphatic rings. The highest BCUT2D eigenvalue weighted by atomic mass is 19.3. The smallest absolute Gasteiger partial charge is 0.257 e. The number of methoxy groups -OCH3 is 1. The van der Waals surface area contributed by atoms with Gasteiger partial charge in [-0.1, -0.05) is 0 Å². The number of nitrogen functional groups attached to an aromatic ring is 1. The summed E-state index contributed by atoms with van der Waals surface area (Å²) in [5, 5.41) is 3.92. The fourth-order valence-corrected chi connectivity index (χ4v) is 1.10. The molecule has 0 aliphatic carbocycles. The summed E-state index contributed by atoms with van der Waals surface area (Å²) < 4.78 is 30.0. The molecule has 0 saturated carbocycles. The summed E-state index contributed by atoms with van der Waals surface area (Å²) in [4.78, 5) is 0. The highest BCUT2D eigenvalue weighted by molar-refractivity contribution is 5.40. The number of rotatable bonds is 5. The number of nitrogens with zero attached hydrogens (tertiary/aromatic N) is 2. The lowest BCUT2D eigenvalue weighted by Crippen LogP contribution is -2.07. The van der Waals surface area contributed by atoms with Crippen LogP contribution in [0, 0.1) is 0 Å². The highest BCUT2D eigenvalue weighted by Gasteiger charge is 2.09. The molecular weight excluding hydrogens is 192 g/mol. The first-order valence-electron chi connectivity index (χ1n) is 4.22. The normalized spacial score (nSPS) is 11.1. The van der Waals surface area contributed by atoms with Crippen molar-refractivity contribution < 1.29 is 13.5 Å². The Kier molecular flexibility index (Phi) is 3.82. The van der Waals surface area contributed by atoms with Gasteiger partial charge < -0.3 is 10.5 Å². The van der Waals surface area contributed by atoms with E-state index in [1.807, 2.05) is 0 Å². The molecule has 0 unspecified atom stereocenters. The molecule has 80 valence electrons. The van der Waals surface area contributed by atoms with Gasteiger partial charge in [0, 0.05) is 19.7 Å². The maximum Gasteiger partial charge on any atom is 0.257 e. The van der Waals surface area contributed by atoms with E-state index in [9.17, 15) is 8.78 Å². The predicted octanol–water partition coefficient (Wildman–Crippen LogP) is 0.919. The van der Waals surface area contributed by atoms with Gasteiger partial charge in [0.25, 0.3) is 6.43 Å². The number of anilines is 1. The summed E-state index contributed by atoms with van der Waals surface area (Å²) in [7, 11) is 1.56. The zero-order chi connectivity index (χ0) is 10.6. The molecule has 4 nitrogen and oxygen atoms in total. The van der Waals surface area contributed by atoms with Crippen LogP contribution in [-0.4, -0.2) is 29.9 Å². The third-order valence-corrected chi connectivity index (χ3v) is 1.74. The number of hydrogen-bond donors (Lipinski definition) is 1. The first kappa shape index (κ1) is 10.9. The predicted molar refractivity (Wildman–Crippen MR) is 48.2 cm³/mol. The zero-order valence-corrected chi connectivity index (χ0v) is 7.91. The van der Waals surface area contributed by atoms with Crippen LogP contribution in [-0.2, 0) is 17.7 Å². The van der Waals surface area contributed by atoms with E-state index in [1.165, 1.54) is 6.20 Å². The molecule has 0 bridgehead atoms. The molecule has 0 fully saturated rings. The summed E-state index contributed by atoms with van der Waals surface area (Å²) >= 11 is 0. The molecule has 0 saturated heterocycles. The van der Waals surface area contributed by atoms with Crippen molar-refractivity contribution in [1.29, 1.82) is 0 Å². The first-order valence-corrected chi connectivity index (χ1v) is 4.22. The van der Waals surface area contributed by atoms with Gasteiger partial charge in [-0.05, 0) is 0 Å². The van der Waals surface area contributed by atoms with Crippen LogP contribution in [0.25, 0.3) is 0 Å². The Morgan fingerprint density at radius 2 is 2.36 bits per heavy atom. The number of nitrogens with two attached hydrogens (primary N) is 1. The Morgan fingerprint density at radius 3 is 2.93 bits per heavy atom. The van der Waals surface area contributed by atoms with Gasteiger partial charge in [0.1, 0.15) is 6.54 Å². The Morgan fingerprint density at radius 1 is 1.64 bits per heavy atom. The van der Waals surface area contributed by atoms with Gasteiger partial charge in [0.15, 0.2) is 0 Å². The fourth-order valence-electron chi connectivity index (χ4n) is 1.10. The number of alkyl halides is 2. The van der Waals surface area contributed by atoms with Crippen LogP contribution in [0.4, 0.5) is 14.5 Å². The van der Waals surface area contributed by atoms with Crippen LogP contribution in [0.3, 0.4) is 0 Å². The minimum atomic E-state index is -2.41. The second-order valence-electron chi connectivity index (χ2n) is 2.89. The summed E-state index contributed by atoms with van der Waals surface area (Å²) in [5.41, 5.74) is 6.61. The molecule has 1 rings (SSSR count). The Bertz CT molecular complexity index is 288. The molecule has 1 heterocycles. The van der Waals surface area contributed by atoms with E-state index in [2.05, 4.69) is 5.10 Å². The molecule has 0 aliphatic heterocycles. The van der Waals surface area contributed by atoms with Gasteiger partial charge in [-0.2, -0.15) is 5.10 Å². The largest absolute Gasteiger partial charge is 0.396 e. The molecule has 0 aromatic carbocycles. The summed E-state index contributed by atoms with van der Waals surface area (Å²) in [6, 6.07) is 0. The maximum atomic E-state index is 12.0. The number of ether oxygens (including phenoxy) is 1. The van der Waals surface area contributed by atoms with Gasteiger partial charge in [-0.25, -0.2) is 8.78 Å². The summed E-state index contributed by atoms with van der Waals surface area (Å²) in [6.45, 7) is 0.0626. The molecule has 14 heavy (non-hydrogen) atoms. The van der Waals surface area contributed by atoms with Crippen molar-refractivity contribution >= 4 is 5.69 Å². The third kappa shape index (κ3) is 2.95. The second-order valence-corrected chi connectivity index (χ2v) is 2.89. The van der Waals surface area contributed by atoms with Gasteiger partial charge in [0.05, 0.1) is 18.0 Å². The van der Waals surface area contributed by atoms with Crippen molar-refractivity contribution in [2.75, 3.05) is 19.5 Å². The molecule has 0 radical (unpaired) electrons. The van der Waals surface area contributed by atoms with Crippen LogP contribution < -0.4 is 5.73 Å². The summed E-state index contributed by atoms with van der Waals surface area (Å²) in [6.07, 6.45) is -0.458. The van der Waals surface area contributed by atoms with E-state index in [0.717, 1.165) is 4.68 Å².